The number of hydrogen-bond acceptors (Lipinski definition) is 3. The van der Waals surface area contributed by atoms with Crippen LogP contribution in [0, 0.1) is 0 Å². The Bertz CT molecular complexity index is 426. The zero-order chi connectivity index (χ0) is 13.7. The number of nitrogens with zero attached hydrogens (tertiary/aromatic N) is 1. The maximum absolute atomic E-state index is 12.1. The third kappa shape index (κ3) is 4.14. The summed E-state index contributed by atoms with van der Waals surface area (Å²) < 4.78 is 0. The minimum Gasteiger partial charge on any atom is -0.352 e. The fourth-order valence-electron chi connectivity index (χ4n) is 1.53. The number of amides is 2. The van der Waals surface area contributed by atoms with Gasteiger partial charge in [-0.1, -0.05) is 6.92 Å². The van der Waals surface area contributed by atoms with Gasteiger partial charge in [-0.25, -0.2) is 0 Å². The predicted octanol–water partition coefficient (Wildman–Crippen LogP) is 1.91. The van der Waals surface area contributed by atoms with Gasteiger partial charge in [0.2, 0.25) is 5.91 Å². The zero-order valence-electron chi connectivity index (χ0n) is 11.3. The van der Waals surface area contributed by atoms with E-state index in [0.717, 1.165) is 6.42 Å². The Kier molecular flexibility index (Phi) is 5.34. The van der Waals surface area contributed by atoms with Gasteiger partial charge in [0.05, 0.1) is 11.4 Å². The second-order valence-corrected chi connectivity index (χ2v) is 5.67. The maximum atomic E-state index is 12.1. The summed E-state index contributed by atoms with van der Waals surface area (Å²) in [5.74, 6) is -0.230. The van der Waals surface area contributed by atoms with Gasteiger partial charge in [0.1, 0.15) is 0 Å². The summed E-state index contributed by atoms with van der Waals surface area (Å²) in [6, 6.07) is 3.87. The minimum absolute atomic E-state index is 0.0921. The SMILES string of the molecule is CCc1ccc(C(=O)N(C)CC(=O)NC(C)C)s1. The highest BCUT2D eigenvalue weighted by Gasteiger charge is 2.16. The molecule has 0 aromatic carbocycles. The Morgan fingerprint density at radius 1 is 1.39 bits per heavy atom. The minimum atomic E-state index is -0.131. The summed E-state index contributed by atoms with van der Waals surface area (Å²) >= 11 is 1.49. The van der Waals surface area contributed by atoms with E-state index in [4.69, 9.17) is 0 Å². The summed E-state index contributed by atoms with van der Waals surface area (Å²) in [6.07, 6.45) is 0.926. The van der Waals surface area contributed by atoms with Crippen LogP contribution in [0.1, 0.15) is 35.3 Å². The smallest absolute Gasteiger partial charge is 0.264 e. The van der Waals surface area contributed by atoms with Crippen LogP contribution in [0.15, 0.2) is 12.1 Å². The highest BCUT2D eigenvalue weighted by Crippen LogP contribution is 2.18. The van der Waals surface area contributed by atoms with E-state index in [-0.39, 0.29) is 24.4 Å². The van der Waals surface area contributed by atoms with Gasteiger partial charge in [-0.3, -0.25) is 9.59 Å². The first-order chi connectivity index (χ1) is 8.43. The first-order valence-electron chi connectivity index (χ1n) is 6.07. The lowest BCUT2D eigenvalue weighted by atomic mass is 10.3. The van der Waals surface area contributed by atoms with Crippen LogP contribution in [0.3, 0.4) is 0 Å². The standard InChI is InChI=1S/C13H20N2O2S/c1-5-10-6-7-11(18-10)13(17)15(4)8-12(16)14-9(2)3/h6-7,9H,5,8H2,1-4H3,(H,14,16). The second kappa shape index (κ2) is 6.54. The van der Waals surface area contributed by atoms with Crippen molar-refractivity contribution in [2.75, 3.05) is 13.6 Å². The molecule has 0 aliphatic rings. The first kappa shape index (κ1) is 14.7. The molecule has 0 unspecified atom stereocenters. The van der Waals surface area contributed by atoms with Crippen molar-refractivity contribution in [3.05, 3.63) is 21.9 Å². The quantitative estimate of drug-likeness (QED) is 0.887. The summed E-state index contributed by atoms with van der Waals surface area (Å²) in [7, 11) is 1.65. The zero-order valence-corrected chi connectivity index (χ0v) is 12.1. The number of rotatable bonds is 5. The van der Waals surface area contributed by atoms with Crippen LogP contribution in [0.5, 0.6) is 0 Å². The largest absolute Gasteiger partial charge is 0.352 e. The predicted molar refractivity (Wildman–Crippen MR) is 73.9 cm³/mol. The van der Waals surface area contributed by atoms with E-state index in [1.807, 2.05) is 26.0 Å². The van der Waals surface area contributed by atoms with E-state index >= 15 is 0 Å². The molecule has 18 heavy (non-hydrogen) atoms. The van der Waals surface area contributed by atoms with E-state index in [2.05, 4.69) is 12.2 Å². The molecule has 0 saturated carbocycles. The third-order valence-electron chi connectivity index (χ3n) is 2.40. The van der Waals surface area contributed by atoms with Gasteiger partial charge in [0, 0.05) is 18.0 Å². The van der Waals surface area contributed by atoms with Gasteiger partial charge in [0.25, 0.3) is 5.91 Å². The lowest BCUT2D eigenvalue weighted by molar-refractivity contribution is -0.122. The lowest BCUT2D eigenvalue weighted by Gasteiger charge is -2.17. The Labute approximate surface area is 112 Å². The Balaban J connectivity index is 2.58. The fourth-order valence-corrected chi connectivity index (χ4v) is 2.47. The van der Waals surface area contributed by atoms with Crippen molar-refractivity contribution in [1.29, 1.82) is 0 Å². The van der Waals surface area contributed by atoms with Crippen LogP contribution in [-0.2, 0) is 11.2 Å². The van der Waals surface area contributed by atoms with Crippen molar-refractivity contribution in [2.45, 2.75) is 33.2 Å². The van der Waals surface area contributed by atoms with E-state index in [1.54, 1.807) is 7.05 Å². The summed E-state index contributed by atoms with van der Waals surface area (Å²) in [5, 5.41) is 2.77. The van der Waals surface area contributed by atoms with Gasteiger partial charge >= 0.3 is 0 Å². The molecular weight excluding hydrogens is 248 g/mol. The number of thiophene rings is 1. The highest BCUT2D eigenvalue weighted by molar-refractivity contribution is 7.14. The van der Waals surface area contributed by atoms with Gasteiger partial charge in [0.15, 0.2) is 0 Å². The van der Waals surface area contributed by atoms with Crippen molar-refractivity contribution >= 4 is 23.2 Å². The van der Waals surface area contributed by atoms with Gasteiger partial charge in [-0.05, 0) is 32.4 Å². The van der Waals surface area contributed by atoms with E-state index in [1.165, 1.54) is 21.1 Å². The molecule has 0 aliphatic heterocycles. The molecule has 0 fully saturated rings. The Morgan fingerprint density at radius 2 is 2.06 bits per heavy atom. The lowest BCUT2D eigenvalue weighted by Crippen LogP contribution is -2.40. The molecule has 1 rings (SSSR count). The molecule has 1 N–H and O–H groups in total. The average Bonchev–Trinajstić information content (AvgIpc) is 2.75. The summed E-state index contributed by atoms with van der Waals surface area (Å²) in [6.45, 7) is 5.94. The molecule has 1 heterocycles. The molecule has 1 aromatic rings. The molecule has 0 spiro atoms. The van der Waals surface area contributed by atoms with E-state index in [9.17, 15) is 9.59 Å². The van der Waals surface area contributed by atoms with Gasteiger partial charge in [-0.15, -0.1) is 11.3 Å². The van der Waals surface area contributed by atoms with Crippen molar-refractivity contribution in [1.82, 2.24) is 10.2 Å². The highest BCUT2D eigenvalue weighted by atomic mass is 32.1. The maximum Gasteiger partial charge on any atom is 0.264 e. The topological polar surface area (TPSA) is 49.4 Å². The second-order valence-electron chi connectivity index (χ2n) is 4.50. The molecule has 0 radical (unpaired) electrons. The van der Waals surface area contributed by atoms with Crippen LogP contribution in [0.25, 0.3) is 0 Å². The monoisotopic (exact) mass is 268 g/mol. The third-order valence-corrected chi connectivity index (χ3v) is 3.62. The van der Waals surface area contributed by atoms with Crippen molar-refractivity contribution in [3.8, 4) is 0 Å². The molecule has 2 amide bonds. The number of nitrogens with one attached hydrogen (secondary N) is 1. The molecule has 0 aliphatic carbocycles. The number of aryl methyl sites for hydroxylation is 1. The molecule has 0 bridgehead atoms. The van der Waals surface area contributed by atoms with Gasteiger partial charge in [-0.2, -0.15) is 0 Å². The number of carbonyl (C=O) groups is 2. The van der Waals surface area contributed by atoms with Crippen molar-refractivity contribution < 1.29 is 9.59 Å². The molecule has 4 nitrogen and oxygen atoms in total. The van der Waals surface area contributed by atoms with Crippen LogP contribution in [-0.4, -0.2) is 36.3 Å². The Morgan fingerprint density at radius 3 is 2.56 bits per heavy atom. The molecule has 1 aromatic heterocycles. The average molecular weight is 268 g/mol. The molecule has 0 saturated heterocycles. The van der Waals surface area contributed by atoms with Gasteiger partial charge < -0.3 is 10.2 Å². The first-order valence-corrected chi connectivity index (χ1v) is 6.89. The van der Waals surface area contributed by atoms with Crippen LogP contribution in [0.4, 0.5) is 0 Å². The van der Waals surface area contributed by atoms with E-state index in [0.29, 0.717) is 4.88 Å². The van der Waals surface area contributed by atoms with Crippen molar-refractivity contribution in [3.63, 3.8) is 0 Å². The van der Waals surface area contributed by atoms with Crippen LogP contribution in [0.2, 0.25) is 0 Å². The van der Waals surface area contributed by atoms with Crippen LogP contribution < -0.4 is 5.32 Å². The van der Waals surface area contributed by atoms with E-state index < -0.39 is 0 Å². The molecular formula is C13H20N2O2S. The Hall–Kier alpha value is -1.36. The molecule has 0 atom stereocenters. The molecule has 100 valence electrons. The number of hydrogen-bond donors (Lipinski definition) is 1. The number of carbonyl (C=O) groups excluding carboxylic acids is 2. The number of likely N-dealkylation sites (N-methyl/N-ethyl adjacent to an activating group) is 1. The van der Waals surface area contributed by atoms with Crippen molar-refractivity contribution in [2.24, 2.45) is 0 Å². The van der Waals surface area contributed by atoms with Crippen LogP contribution >= 0.6 is 11.3 Å². The fraction of sp³-hybridized carbons (Fsp3) is 0.538. The normalized spacial score (nSPS) is 10.5. The summed E-state index contributed by atoms with van der Waals surface area (Å²) in [4.78, 5) is 26.9. The summed E-state index contributed by atoms with van der Waals surface area (Å²) in [5.41, 5.74) is 0. The molecule has 5 heteroatoms.